The molecule has 0 rings (SSSR count). The Bertz CT molecular complexity index is 296. The second kappa shape index (κ2) is 5.77. The monoisotopic (exact) mass is 221 g/mol. The van der Waals surface area contributed by atoms with Gasteiger partial charge in [0, 0.05) is 6.54 Å². The molecule has 1 unspecified atom stereocenters. The summed E-state index contributed by atoms with van der Waals surface area (Å²) in [6.45, 7) is 5.44. The number of nitrogens with one attached hydrogen (secondary N) is 1. The third kappa shape index (κ3) is 7.75. The van der Waals surface area contributed by atoms with Crippen molar-refractivity contribution in [3.05, 3.63) is 12.7 Å². The van der Waals surface area contributed by atoms with Gasteiger partial charge in [-0.3, -0.25) is 9.35 Å². The summed E-state index contributed by atoms with van der Waals surface area (Å²) in [6.07, 6.45) is 1.46. The lowest BCUT2D eigenvalue weighted by molar-refractivity contribution is -0.116. The van der Waals surface area contributed by atoms with Gasteiger partial charge < -0.3 is 5.32 Å². The Kier molecular flexibility index (Phi) is 5.40. The Balaban J connectivity index is 3.71. The number of hydrogen-bond acceptors (Lipinski definition) is 3. The smallest absolute Gasteiger partial charge is 0.264 e. The molecule has 0 saturated heterocycles. The maximum Gasteiger partial charge on any atom is 0.264 e. The molecule has 0 aliphatic rings. The summed E-state index contributed by atoms with van der Waals surface area (Å²) < 4.78 is 29.2. The van der Waals surface area contributed by atoms with Crippen LogP contribution in [0.5, 0.6) is 0 Å². The van der Waals surface area contributed by atoms with Gasteiger partial charge in [0.05, 0.1) is 5.75 Å². The first-order valence-corrected chi connectivity index (χ1v) is 5.81. The molecule has 0 aromatic carbocycles. The molecule has 1 amide bonds. The third-order valence-electron chi connectivity index (χ3n) is 1.68. The van der Waals surface area contributed by atoms with E-state index < -0.39 is 10.1 Å². The first-order valence-electron chi connectivity index (χ1n) is 4.20. The van der Waals surface area contributed by atoms with E-state index in [1.807, 2.05) is 0 Å². The van der Waals surface area contributed by atoms with Gasteiger partial charge in [-0.2, -0.15) is 8.42 Å². The first kappa shape index (κ1) is 13.1. The lowest BCUT2D eigenvalue weighted by Gasteiger charge is -2.10. The molecule has 1 atom stereocenters. The Morgan fingerprint density at radius 2 is 2.21 bits per heavy atom. The standard InChI is InChI=1S/C8H15NO4S/c1-3-8(10)9-6-7(2)4-5-14(11,12)13/h3,7H,1,4-6H2,2H3,(H,9,10)(H,11,12,13). The fourth-order valence-electron chi connectivity index (χ4n) is 0.799. The highest BCUT2D eigenvalue weighted by molar-refractivity contribution is 7.85. The quantitative estimate of drug-likeness (QED) is 0.496. The van der Waals surface area contributed by atoms with Gasteiger partial charge >= 0.3 is 0 Å². The van der Waals surface area contributed by atoms with E-state index in [4.69, 9.17) is 4.55 Å². The number of rotatable bonds is 6. The fourth-order valence-corrected chi connectivity index (χ4v) is 1.50. The van der Waals surface area contributed by atoms with Crippen LogP contribution in [-0.2, 0) is 14.9 Å². The maximum atomic E-state index is 10.7. The minimum absolute atomic E-state index is 0.000764. The Morgan fingerprint density at radius 1 is 1.64 bits per heavy atom. The SMILES string of the molecule is C=CC(=O)NCC(C)CCS(=O)(=O)O. The highest BCUT2D eigenvalue weighted by Crippen LogP contribution is 2.02. The van der Waals surface area contributed by atoms with Crippen molar-refractivity contribution < 1.29 is 17.8 Å². The minimum atomic E-state index is -3.90. The Hall–Kier alpha value is -0.880. The van der Waals surface area contributed by atoms with Crippen LogP contribution in [0.1, 0.15) is 13.3 Å². The molecule has 0 bridgehead atoms. The minimum Gasteiger partial charge on any atom is -0.352 e. The largest absolute Gasteiger partial charge is 0.352 e. The second-order valence-electron chi connectivity index (χ2n) is 3.13. The predicted octanol–water partition coefficient (Wildman–Crippen LogP) is 0.203. The lowest BCUT2D eigenvalue weighted by atomic mass is 10.1. The molecule has 14 heavy (non-hydrogen) atoms. The molecule has 82 valence electrons. The lowest BCUT2D eigenvalue weighted by Crippen LogP contribution is -2.27. The zero-order valence-electron chi connectivity index (χ0n) is 8.06. The van der Waals surface area contributed by atoms with E-state index in [1.54, 1.807) is 6.92 Å². The van der Waals surface area contributed by atoms with Gasteiger partial charge in [0.2, 0.25) is 5.91 Å². The van der Waals surface area contributed by atoms with Crippen LogP contribution in [0.4, 0.5) is 0 Å². The molecular weight excluding hydrogens is 206 g/mol. The molecule has 2 N–H and O–H groups in total. The van der Waals surface area contributed by atoms with E-state index in [-0.39, 0.29) is 17.6 Å². The van der Waals surface area contributed by atoms with Crippen LogP contribution in [0.15, 0.2) is 12.7 Å². The van der Waals surface area contributed by atoms with Crippen molar-refractivity contribution >= 4 is 16.0 Å². The van der Waals surface area contributed by atoms with Crippen LogP contribution in [0, 0.1) is 5.92 Å². The van der Waals surface area contributed by atoms with Crippen LogP contribution in [0.3, 0.4) is 0 Å². The Morgan fingerprint density at radius 3 is 2.64 bits per heavy atom. The number of carbonyl (C=O) groups excluding carboxylic acids is 1. The number of hydrogen-bond donors (Lipinski definition) is 2. The van der Waals surface area contributed by atoms with Crippen molar-refractivity contribution in [1.82, 2.24) is 5.32 Å². The summed E-state index contributed by atoms with van der Waals surface area (Å²) in [5, 5.41) is 2.53. The second-order valence-corrected chi connectivity index (χ2v) is 4.70. The van der Waals surface area contributed by atoms with Crippen molar-refractivity contribution in [1.29, 1.82) is 0 Å². The van der Waals surface area contributed by atoms with Crippen LogP contribution in [0.2, 0.25) is 0 Å². The van der Waals surface area contributed by atoms with E-state index in [1.165, 1.54) is 0 Å². The molecule has 0 spiro atoms. The van der Waals surface area contributed by atoms with Gasteiger partial charge in [-0.15, -0.1) is 0 Å². The number of amides is 1. The molecule has 6 heteroatoms. The van der Waals surface area contributed by atoms with Crippen LogP contribution >= 0.6 is 0 Å². The van der Waals surface area contributed by atoms with Crippen molar-refractivity contribution in [3.8, 4) is 0 Å². The highest BCUT2D eigenvalue weighted by atomic mass is 32.2. The molecule has 0 radical (unpaired) electrons. The van der Waals surface area contributed by atoms with Gasteiger partial charge in [-0.1, -0.05) is 13.5 Å². The van der Waals surface area contributed by atoms with Gasteiger partial charge in [-0.25, -0.2) is 0 Å². The van der Waals surface area contributed by atoms with Crippen LogP contribution < -0.4 is 5.32 Å². The molecule has 5 nitrogen and oxygen atoms in total. The van der Waals surface area contributed by atoms with Gasteiger partial charge in [0.15, 0.2) is 0 Å². The van der Waals surface area contributed by atoms with E-state index in [2.05, 4.69) is 11.9 Å². The van der Waals surface area contributed by atoms with Gasteiger partial charge in [0.25, 0.3) is 10.1 Å². The predicted molar refractivity (Wildman–Crippen MR) is 53.4 cm³/mol. The first-order chi connectivity index (χ1) is 6.35. The van der Waals surface area contributed by atoms with Gasteiger partial charge in [-0.05, 0) is 18.4 Å². The molecule has 0 fully saturated rings. The molecule has 0 aromatic rings. The van der Waals surface area contributed by atoms with Crippen molar-refractivity contribution in [3.63, 3.8) is 0 Å². The summed E-state index contributed by atoms with van der Waals surface area (Å²) in [7, 11) is -3.90. The van der Waals surface area contributed by atoms with E-state index in [9.17, 15) is 13.2 Å². The summed E-state index contributed by atoms with van der Waals surface area (Å²) in [5.74, 6) is -0.567. The summed E-state index contributed by atoms with van der Waals surface area (Å²) in [6, 6.07) is 0. The topological polar surface area (TPSA) is 83.5 Å². The van der Waals surface area contributed by atoms with Crippen molar-refractivity contribution in [2.45, 2.75) is 13.3 Å². The van der Waals surface area contributed by atoms with Crippen molar-refractivity contribution in [2.75, 3.05) is 12.3 Å². The molecule has 0 heterocycles. The highest BCUT2D eigenvalue weighted by Gasteiger charge is 2.09. The maximum absolute atomic E-state index is 10.7. The van der Waals surface area contributed by atoms with Crippen LogP contribution in [-0.4, -0.2) is 31.2 Å². The Labute approximate surface area is 83.9 Å². The van der Waals surface area contributed by atoms with E-state index in [0.717, 1.165) is 6.08 Å². The molecule has 0 aliphatic heterocycles. The summed E-state index contributed by atoms with van der Waals surface area (Å²) >= 11 is 0. The average molecular weight is 221 g/mol. The van der Waals surface area contributed by atoms with Gasteiger partial charge in [0.1, 0.15) is 0 Å². The molecule has 0 aromatic heterocycles. The summed E-state index contributed by atoms with van der Waals surface area (Å²) in [4.78, 5) is 10.7. The summed E-state index contributed by atoms with van der Waals surface area (Å²) in [5.41, 5.74) is 0. The van der Waals surface area contributed by atoms with Crippen molar-refractivity contribution in [2.24, 2.45) is 5.92 Å². The zero-order valence-corrected chi connectivity index (χ0v) is 8.88. The molecule has 0 aliphatic carbocycles. The zero-order chi connectivity index (χ0) is 11.2. The van der Waals surface area contributed by atoms with E-state index in [0.29, 0.717) is 13.0 Å². The fraction of sp³-hybridized carbons (Fsp3) is 0.625. The number of carbonyl (C=O) groups is 1. The van der Waals surface area contributed by atoms with E-state index >= 15 is 0 Å². The van der Waals surface area contributed by atoms with Crippen LogP contribution in [0.25, 0.3) is 0 Å². The molecular formula is C8H15NO4S. The normalized spacial score (nSPS) is 13.3. The molecule has 0 saturated carbocycles. The average Bonchev–Trinajstić information content (AvgIpc) is 2.09. The third-order valence-corrected chi connectivity index (χ3v) is 2.43.